The average molecular weight is 378 g/mol. The smallest absolute Gasteiger partial charge is 0.128 e. The predicted octanol–water partition coefficient (Wildman–Crippen LogP) is 4.63. The molecule has 3 rings (SSSR count). The molecule has 0 saturated carbocycles. The second kappa shape index (κ2) is 9.24. The molecule has 1 heterocycles. The lowest BCUT2D eigenvalue weighted by Crippen LogP contribution is -2.18. The molecule has 5 nitrogen and oxygen atoms in total. The maximum absolute atomic E-state index is 5.53. The van der Waals surface area contributed by atoms with Crippen LogP contribution in [-0.4, -0.2) is 26.3 Å². The monoisotopic (exact) mass is 378 g/mol. The normalized spacial score (nSPS) is 11.7. The number of nitrogens with zero attached hydrogens (tertiary/aromatic N) is 1. The van der Waals surface area contributed by atoms with E-state index in [2.05, 4.69) is 41.5 Å². The number of ether oxygens (including phenoxy) is 3. The van der Waals surface area contributed by atoms with Crippen molar-refractivity contribution in [1.82, 2.24) is 10.3 Å². The number of aromatic nitrogens is 1. The third kappa shape index (κ3) is 4.61. The molecule has 0 aliphatic rings. The number of rotatable bonds is 8. The highest BCUT2D eigenvalue weighted by Crippen LogP contribution is 2.31. The molecule has 0 aliphatic heterocycles. The van der Waals surface area contributed by atoms with Crippen LogP contribution in [0.4, 0.5) is 0 Å². The quantitative estimate of drug-likeness (QED) is 0.620. The molecule has 0 spiro atoms. The molecular weight excluding hydrogens is 352 g/mol. The van der Waals surface area contributed by atoms with Gasteiger partial charge in [-0.15, -0.1) is 0 Å². The van der Waals surface area contributed by atoms with Crippen LogP contribution >= 0.6 is 0 Å². The number of nitrogens with one attached hydrogen (secondary N) is 1. The number of methoxy groups -OCH3 is 3. The molecule has 3 aromatic rings. The molecule has 2 aromatic carbocycles. The average Bonchev–Trinajstić information content (AvgIpc) is 2.77. The largest absolute Gasteiger partial charge is 0.497 e. The van der Waals surface area contributed by atoms with E-state index in [1.165, 1.54) is 5.56 Å². The zero-order valence-electron chi connectivity index (χ0n) is 16.7. The van der Waals surface area contributed by atoms with Gasteiger partial charge in [-0.3, -0.25) is 4.98 Å². The van der Waals surface area contributed by atoms with Crippen molar-refractivity contribution < 1.29 is 14.2 Å². The Kier molecular flexibility index (Phi) is 6.50. The van der Waals surface area contributed by atoms with Crippen LogP contribution in [0.15, 0.2) is 60.8 Å². The molecule has 146 valence electrons. The Balaban J connectivity index is 1.79. The van der Waals surface area contributed by atoms with E-state index in [0.29, 0.717) is 0 Å². The van der Waals surface area contributed by atoms with E-state index in [0.717, 1.165) is 40.6 Å². The second-order valence-electron chi connectivity index (χ2n) is 6.49. The summed E-state index contributed by atoms with van der Waals surface area (Å²) in [6, 6.07) is 18.2. The van der Waals surface area contributed by atoms with Gasteiger partial charge in [0.05, 0.1) is 27.0 Å². The third-order valence-electron chi connectivity index (χ3n) is 4.71. The van der Waals surface area contributed by atoms with Gasteiger partial charge in [0.15, 0.2) is 0 Å². The van der Waals surface area contributed by atoms with Crippen molar-refractivity contribution in [2.24, 2.45) is 0 Å². The lowest BCUT2D eigenvalue weighted by atomic mass is 10.0. The minimum Gasteiger partial charge on any atom is -0.497 e. The van der Waals surface area contributed by atoms with E-state index >= 15 is 0 Å². The zero-order valence-corrected chi connectivity index (χ0v) is 16.7. The van der Waals surface area contributed by atoms with Gasteiger partial charge in [-0.05, 0) is 48.4 Å². The first kappa shape index (κ1) is 19.7. The first-order chi connectivity index (χ1) is 13.6. The summed E-state index contributed by atoms with van der Waals surface area (Å²) in [5.41, 5.74) is 4.09. The second-order valence-corrected chi connectivity index (χ2v) is 6.49. The molecule has 0 fully saturated rings. The number of hydrogen-bond acceptors (Lipinski definition) is 5. The van der Waals surface area contributed by atoms with Gasteiger partial charge in [0.25, 0.3) is 0 Å². The summed E-state index contributed by atoms with van der Waals surface area (Å²) in [6.07, 6.45) is 1.74. The van der Waals surface area contributed by atoms with E-state index < -0.39 is 0 Å². The summed E-state index contributed by atoms with van der Waals surface area (Å²) >= 11 is 0. The standard InChI is InChI=1S/C23H26N2O3/c1-16(18-6-5-7-19(13-18)26-2)25-15-17-8-9-23(28-4)21(12-17)22-14-20(27-3)10-11-24-22/h5-14,16,25H,15H2,1-4H3. The Bertz CT molecular complexity index is 927. The van der Waals surface area contributed by atoms with Gasteiger partial charge in [0.2, 0.25) is 0 Å². The van der Waals surface area contributed by atoms with Gasteiger partial charge in [-0.25, -0.2) is 0 Å². The van der Waals surface area contributed by atoms with Crippen LogP contribution in [-0.2, 0) is 6.54 Å². The number of pyridine rings is 1. The van der Waals surface area contributed by atoms with E-state index in [-0.39, 0.29) is 6.04 Å². The zero-order chi connectivity index (χ0) is 19.9. The van der Waals surface area contributed by atoms with Crippen molar-refractivity contribution in [2.75, 3.05) is 21.3 Å². The molecule has 0 bridgehead atoms. The Morgan fingerprint density at radius 3 is 2.43 bits per heavy atom. The fourth-order valence-electron chi connectivity index (χ4n) is 3.05. The summed E-state index contributed by atoms with van der Waals surface area (Å²) in [4.78, 5) is 4.47. The molecule has 5 heteroatoms. The van der Waals surface area contributed by atoms with Crippen LogP contribution in [0.1, 0.15) is 24.1 Å². The Morgan fingerprint density at radius 2 is 1.68 bits per heavy atom. The maximum Gasteiger partial charge on any atom is 0.128 e. The van der Waals surface area contributed by atoms with Crippen molar-refractivity contribution in [1.29, 1.82) is 0 Å². The molecule has 28 heavy (non-hydrogen) atoms. The van der Waals surface area contributed by atoms with E-state index in [1.54, 1.807) is 27.5 Å². The van der Waals surface area contributed by atoms with Gasteiger partial charge >= 0.3 is 0 Å². The predicted molar refractivity (Wildman–Crippen MR) is 111 cm³/mol. The fraction of sp³-hybridized carbons (Fsp3) is 0.261. The first-order valence-electron chi connectivity index (χ1n) is 9.19. The van der Waals surface area contributed by atoms with Gasteiger partial charge in [0, 0.05) is 30.4 Å². The molecule has 0 saturated heterocycles. The molecule has 1 N–H and O–H groups in total. The highest BCUT2D eigenvalue weighted by Gasteiger charge is 2.11. The number of benzene rings is 2. The molecule has 0 radical (unpaired) electrons. The summed E-state index contributed by atoms with van der Waals surface area (Å²) in [7, 11) is 5.00. The first-order valence-corrected chi connectivity index (χ1v) is 9.19. The van der Waals surface area contributed by atoms with Crippen molar-refractivity contribution in [3.05, 3.63) is 71.9 Å². The summed E-state index contributed by atoms with van der Waals surface area (Å²) in [5, 5.41) is 3.56. The van der Waals surface area contributed by atoms with Gasteiger partial charge < -0.3 is 19.5 Å². The fourth-order valence-corrected chi connectivity index (χ4v) is 3.05. The molecular formula is C23H26N2O3. The van der Waals surface area contributed by atoms with Gasteiger partial charge in [-0.2, -0.15) is 0 Å². The molecule has 0 amide bonds. The summed E-state index contributed by atoms with van der Waals surface area (Å²) in [6.45, 7) is 2.86. The summed E-state index contributed by atoms with van der Waals surface area (Å²) < 4.78 is 16.2. The van der Waals surface area contributed by atoms with E-state index in [4.69, 9.17) is 14.2 Å². The van der Waals surface area contributed by atoms with Crippen molar-refractivity contribution in [3.63, 3.8) is 0 Å². The lowest BCUT2D eigenvalue weighted by Gasteiger charge is -2.16. The third-order valence-corrected chi connectivity index (χ3v) is 4.71. The van der Waals surface area contributed by atoms with E-state index in [1.807, 2.05) is 30.3 Å². The highest BCUT2D eigenvalue weighted by molar-refractivity contribution is 5.69. The lowest BCUT2D eigenvalue weighted by molar-refractivity contribution is 0.412. The Morgan fingerprint density at radius 1 is 0.893 bits per heavy atom. The van der Waals surface area contributed by atoms with Crippen molar-refractivity contribution >= 4 is 0 Å². The van der Waals surface area contributed by atoms with Crippen LogP contribution in [0.25, 0.3) is 11.3 Å². The Hall–Kier alpha value is -3.05. The van der Waals surface area contributed by atoms with Crippen molar-refractivity contribution in [2.45, 2.75) is 19.5 Å². The summed E-state index contributed by atoms with van der Waals surface area (Å²) in [5.74, 6) is 2.41. The molecule has 0 aliphatic carbocycles. The van der Waals surface area contributed by atoms with Gasteiger partial charge in [-0.1, -0.05) is 18.2 Å². The molecule has 1 atom stereocenters. The van der Waals surface area contributed by atoms with Crippen LogP contribution < -0.4 is 19.5 Å². The van der Waals surface area contributed by atoms with Crippen molar-refractivity contribution in [3.8, 4) is 28.5 Å². The Labute approximate surface area is 166 Å². The van der Waals surface area contributed by atoms with Crippen LogP contribution in [0, 0.1) is 0 Å². The minimum atomic E-state index is 0.190. The van der Waals surface area contributed by atoms with Crippen LogP contribution in [0.2, 0.25) is 0 Å². The SMILES string of the molecule is COc1cccc(C(C)NCc2ccc(OC)c(-c3cc(OC)ccn3)c2)c1. The minimum absolute atomic E-state index is 0.190. The highest BCUT2D eigenvalue weighted by atomic mass is 16.5. The van der Waals surface area contributed by atoms with Crippen LogP contribution in [0.3, 0.4) is 0 Å². The number of hydrogen-bond donors (Lipinski definition) is 1. The molecule has 1 aromatic heterocycles. The topological polar surface area (TPSA) is 52.6 Å². The van der Waals surface area contributed by atoms with E-state index in [9.17, 15) is 0 Å². The van der Waals surface area contributed by atoms with Crippen LogP contribution in [0.5, 0.6) is 17.2 Å². The van der Waals surface area contributed by atoms with Gasteiger partial charge in [0.1, 0.15) is 17.2 Å². The molecule has 1 unspecified atom stereocenters. The maximum atomic E-state index is 5.53.